The Morgan fingerprint density at radius 2 is 1.74 bits per heavy atom. The number of piperidine rings is 1. The van der Waals surface area contributed by atoms with Crippen molar-refractivity contribution in [2.45, 2.75) is 50.6 Å². The molecular weight excluding hydrogens is 410 g/mol. The number of thiophene rings is 1. The van der Waals surface area contributed by atoms with Gasteiger partial charge in [0.2, 0.25) is 11.8 Å². The molecular formula is C24H29N3O3S. The van der Waals surface area contributed by atoms with Crippen molar-refractivity contribution < 1.29 is 14.4 Å². The minimum Gasteiger partial charge on any atom is -0.352 e. The molecule has 0 radical (unpaired) electrons. The fourth-order valence-electron chi connectivity index (χ4n) is 4.07. The normalized spacial score (nSPS) is 17.7. The van der Waals surface area contributed by atoms with E-state index in [0.717, 1.165) is 19.3 Å². The van der Waals surface area contributed by atoms with Crippen LogP contribution in [0.4, 0.5) is 0 Å². The highest BCUT2D eigenvalue weighted by Crippen LogP contribution is 2.25. The van der Waals surface area contributed by atoms with Crippen molar-refractivity contribution in [2.24, 2.45) is 5.92 Å². The lowest BCUT2D eigenvalue weighted by Crippen LogP contribution is -2.54. The third-order valence-corrected chi connectivity index (χ3v) is 6.94. The molecule has 1 atom stereocenters. The number of amides is 3. The molecule has 1 aromatic heterocycles. The minimum absolute atomic E-state index is 0.0286. The van der Waals surface area contributed by atoms with Crippen LogP contribution in [0, 0.1) is 5.92 Å². The lowest BCUT2D eigenvalue weighted by molar-refractivity contribution is -0.133. The first kappa shape index (κ1) is 21.6. The van der Waals surface area contributed by atoms with Crippen molar-refractivity contribution in [3.05, 3.63) is 58.3 Å². The Labute approximate surface area is 187 Å². The van der Waals surface area contributed by atoms with E-state index in [1.165, 1.54) is 16.9 Å². The van der Waals surface area contributed by atoms with Crippen molar-refractivity contribution in [1.29, 1.82) is 0 Å². The molecule has 1 aromatic carbocycles. The number of benzene rings is 1. The van der Waals surface area contributed by atoms with E-state index < -0.39 is 6.04 Å². The number of hydrogen-bond donors (Lipinski definition) is 2. The fraction of sp³-hybridized carbons (Fsp3) is 0.458. The van der Waals surface area contributed by atoms with Gasteiger partial charge in [-0.3, -0.25) is 14.4 Å². The molecule has 4 rings (SSSR count). The van der Waals surface area contributed by atoms with Gasteiger partial charge in [0, 0.05) is 25.6 Å². The number of likely N-dealkylation sites (tertiary alicyclic amines) is 1. The zero-order valence-electron chi connectivity index (χ0n) is 17.6. The Morgan fingerprint density at radius 3 is 2.39 bits per heavy atom. The van der Waals surface area contributed by atoms with Gasteiger partial charge in [-0.05, 0) is 55.0 Å². The molecule has 3 amide bonds. The Bertz CT molecular complexity index is 888. The molecule has 164 valence electrons. The number of nitrogens with zero attached hydrogens (tertiary/aromatic N) is 1. The molecule has 7 heteroatoms. The largest absolute Gasteiger partial charge is 0.352 e. The highest BCUT2D eigenvalue weighted by atomic mass is 32.1. The number of rotatable bonds is 8. The van der Waals surface area contributed by atoms with Gasteiger partial charge in [0.15, 0.2) is 0 Å². The summed E-state index contributed by atoms with van der Waals surface area (Å²) < 4.78 is 0. The van der Waals surface area contributed by atoms with Gasteiger partial charge < -0.3 is 15.5 Å². The van der Waals surface area contributed by atoms with E-state index in [9.17, 15) is 14.4 Å². The van der Waals surface area contributed by atoms with E-state index in [-0.39, 0.29) is 29.7 Å². The lowest BCUT2D eigenvalue weighted by atomic mass is 9.88. The zero-order valence-corrected chi connectivity index (χ0v) is 18.4. The highest BCUT2D eigenvalue weighted by molar-refractivity contribution is 7.12. The summed E-state index contributed by atoms with van der Waals surface area (Å²) in [5.41, 5.74) is 1.17. The molecule has 1 saturated heterocycles. The molecule has 2 fully saturated rings. The van der Waals surface area contributed by atoms with Gasteiger partial charge in [0.1, 0.15) is 6.04 Å². The van der Waals surface area contributed by atoms with E-state index in [1.54, 1.807) is 6.07 Å². The van der Waals surface area contributed by atoms with E-state index in [4.69, 9.17) is 0 Å². The SMILES string of the molecule is O=C(N[C@H](C(=O)NC1CC1)C1CCN(C(=O)CCc2ccccc2)CC1)c1cccs1. The van der Waals surface area contributed by atoms with Crippen LogP contribution in [0.1, 0.15) is 47.3 Å². The Balaban J connectivity index is 1.32. The molecule has 1 saturated carbocycles. The molecule has 0 spiro atoms. The molecule has 31 heavy (non-hydrogen) atoms. The smallest absolute Gasteiger partial charge is 0.262 e. The third kappa shape index (κ3) is 5.94. The fourth-order valence-corrected chi connectivity index (χ4v) is 4.70. The minimum atomic E-state index is -0.559. The number of hydrogen-bond acceptors (Lipinski definition) is 4. The predicted molar refractivity (Wildman–Crippen MR) is 121 cm³/mol. The van der Waals surface area contributed by atoms with Crippen LogP contribution in [-0.2, 0) is 16.0 Å². The number of aryl methyl sites for hydroxylation is 1. The standard InChI is InChI=1S/C24H29N3O3S/c28-21(11-8-17-5-2-1-3-6-17)27-14-12-18(13-15-27)22(24(30)25-19-9-10-19)26-23(29)20-7-4-16-31-20/h1-7,16,18-19,22H,8-15H2,(H,25,30)(H,26,29)/t22-/m0/s1. The molecule has 2 aliphatic rings. The van der Waals surface area contributed by atoms with Crippen LogP contribution in [0.3, 0.4) is 0 Å². The molecule has 0 unspecified atom stereocenters. The lowest BCUT2D eigenvalue weighted by Gasteiger charge is -2.36. The maximum absolute atomic E-state index is 12.9. The first-order valence-electron chi connectivity index (χ1n) is 11.1. The monoisotopic (exact) mass is 439 g/mol. The van der Waals surface area contributed by atoms with Crippen LogP contribution in [0.15, 0.2) is 47.8 Å². The van der Waals surface area contributed by atoms with Crippen LogP contribution in [0.25, 0.3) is 0 Å². The van der Waals surface area contributed by atoms with Crippen molar-refractivity contribution in [2.75, 3.05) is 13.1 Å². The van der Waals surface area contributed by atoms with Gasteiger partial charge in [0.25, 0.3) is 5.91 Å². The van der Waals surface area contributed by atoms with E-state index >= 15 is 0 Å². The Morgan fingerprint density at radius 1 is 1.00 bits per heavy atom. The van der Waals surface area contributed by atoms with Gasteiger partial charge in [0.05, 0.1) is 4.88 Å². The summed E-state index contributed by atoms with van der Waals surface area (Å²) in [7, 11) is 0. The molecule has 2 aromatic rings. The maximum atomic E-state index is 12.9. The van der Waals surface area contributed by atoms with Gasteiger partial charge in [-0.15, -0.1) is 11.3 Å². The summed E-state index contributed by atoms with van der Waals surface area (Å²) >= 11 is 1.37. The van der Waals surface area contributed by atoms with Crippen LogP contribution in [-0.4, -0.2) is 47.8 Å². The topological polar surface area (TPSA) is 78.5 Å². The summed E-state index contributed by atoms with van der Waals surface area (Å²) in [5.74, 6) is -0.113. The van der Waals surface area contributed by atoms with Crippen molar-refractivity contribution in [3.63, 3.8) is 0 Å². The summed E-state index contributed by atoms with van der Waals surface area (Å²) in [6.45, 7) is 1.25. The van der Waals surface area contributed by atoms with Gasteiger partial charge in [-0.1, -0.05) is 36.4 Å². The zero-order chi connectivity index (χ0) is 21.6. The van der Waals surface area contributed by atoms with Crippen LogP contribution >= 0.6 is 11.3 Å². The van der Waals surface area contributed by atoms with Crippen molar-refractivity contribution in [1.82, 2.24) is 15.5 Å². The van der Waals surface area contributed by atoms with Crippen LogP contribution < -0.4 is 10.6 Å². The summed E-state index contributed by atoms with van der Waals surface area (Å²) in [5, 5.41) is 7.87. The average molecular weight is 440 g/mol. The van der Waals surface area contributed by atoms with Crippen molar-refractivity contribution >= 4 is 29.1 Å². The van der Waals surface area contributed by atoms with Crippen LogP contribution in [0.2, 0.25) is 0 Å². The van der Waals surface area contributed by atoms with Gasteiger partial charge in [-0.2, -0.15) is 0 Å². The second-order valence-electron chi connectivity index (χ2n) is 8.42. The van der Waals surface area contributed by atoms with E-state index in [1.807, 2.05) is 46.7 Å². The van der Waals surface area contributed by atoms with Crippen molar-refractivity contribution in [3.8, 4) is 0 Å². The summed E-state index contributed by atoms with van der Waals surface area (Å²) in [4.78, 5) is 40.6. The first-order chi connectivity index (χ1) is 15.1. The Hall–Kier alpha value is -2.67. The summed E-state index contributed by atoms with van der Waals surface area (Å²) in [6, 6.07) is 13.3. The molecule has 1 aliphatic carbocycles. The van der Waals surface area contributed by atoms with Gasteiger partial charge in [-0.25, -0.2) is 0 Å². The number of carbonyl (C=O) groups is 3. The maximum Gasteiger partial charge on any atom is 0.262 e. The quantitative estimate of drug-likeness (QED) is 0.664. The first-order valence-corrected chi connectivity index (χ1v) is 11.9. The number of carbonyl (C=O) groups excluding carboxylic acids is 3. The predicted octanol–water partition coefficient (Wildman–Crippen LogP) is 3.00. The highest BCUT2D eigenvalue weighted by Gasteiger charge is 2.36. The third-order valence-electron chi connectivity index (χ3n) is 6.07. The van der Waals surface area contributed by atoms with Crippen LogP contribution in [0.5, 0.6) is 0 Å². The second kappa shape index (κ2) is 10.1. The number of nitrogens with one attached hydrogen (secondary N) is 2. The van der Waals surface area contributed by atoms with E-state index in [0.29, 0.717) is 37.2 Å². The second-order valence-corrected chi connectivity index (χ2v) is 9.36. The van der Waals surface area contributed by atoms with Gasteiger partial charge >= 0.3 is 0 Å². The molecule has 6 nitrogen and oxygen atoms in total. The Kier molecular flexibility index (Phi) is 7.02. The molecule has 2 heterocycles. The molecule has 1 aliphatic heterocycles. The molecule has 2 N–H and O–H groups in total. The average Bonchev–Trinajstić information content (AvgIpc) is 3.44. The molecule has 0 bridgehead atoms. The van der Waals surface area contributed by atoms with E-state index in [2.05, 4.69) is 10.6 Å². The summed E-state index contributed by atoms with van der Waals surface area (Å²) in [6.07, 6.45) is 4.67.